The molecular formula is C8H11FN4O2. The Bertz CT molecular complexity index is 358. The highest BCUT2D eigenvalue weighted by Gasteiger charge is 2.12. The van der Waals surface area contributed by atoms with E-state index in [-0.39, 0.29) is 18.1 Å². The average Bonchev–Trinajstić information content (AvgIpc) is 2.20. The Morgan fingerprint density at radius 3 is 3.00 bits per heavy atom. The van der Waals surface area contributed by atoms with Crippen molar-refractivity contribution in [2.24, 2.45) is 5.73 Å². The number of aliphatic hydroxyl groups is 1. The molecule has 7 heteroatoms. The molecule has 0 bridgehead atoms. The van der Waals surface area contributed by atoms with E-state index < -0.39 is 11.9 Å². The molecular weight excluding hydrogens is 203 g/mol. The third-order valence-corrected chi connectivity index (χ3v) is 1.60. The van der Waals surface area contributed by atoms with Crippen molar-refractivity contribution in [2.75, 3.05) is 18.5 Å². The fraction of sp³-hybridized carbons (Fsp3) is 0.375. The number of nitrogens with one attached hydrogen (secondary N) is 1. The Morgan fingerprint density at radius 1 is 1.67 bits per heavy atom. The number of hydrogen-bond acceptors (Lipinski definition) is 5. The normalized spacial score (nSPS) is 10.0. The van der Waals surface area contributed by atoms with Crippen molar-refractivity contribution in [3.63, 3.8) is 0 Å². The van der Waals surface area contributed by atoms with E-state index in [1.54, 1.807) is 0 Å². The molecule has 0 spiro atoms. The maximum Gasteiger partial charge on any atom is 0.271 e. The van der Waals surface area contributed by atoms with Crippen LogP contribution >= 0.6 is 0 Å². The molecule has 1 amide bonds. The third-order valence-electron chi connectivity index (χ3n) is 1.60. The Hall–Kier alpha value is -1.76. The Morgan fingerprint density at radius 2 is 2.40 bits per heavy atom. The number of primary amides is 1. The van der Waals surface area contributed by atoms with Gasteiger partial charge in [-0.3, -0.25) is 4.79 Å². The lowest BCUT2D eigenvalue weighted by Crippen LogP contribution is -2.19. The number of aromatic nitrogens is 2. The molecule has 0 unspecified atom stereocenters. The van der Waals surface area contributed by atoms with Gasteiger partial charge in [-0.2, -0.15) is 4.39 Å². The zero-order chi connectivity index (χ0) is 11.3. The standard InChI is InChI=1S/C8H11FN4O2/c9-5-4-12-8(11-2-1-3-14)6(13-5)7(10)15/h4,14H,1-3H2,(H2,10,15)(H,11,12). The van der Waals surface area contributed by atoms with Gasteiger partial charge in [-0.15, -0.1) is 0 Å². The fourth-order valence-electron chi connectivity index (χ4n) is 0.955. The molecule has 0 aromatic carbocycles. The van der Waals surface area contributed by atoms with Crippen LogP contribution in [0.1, 0.15) is 16.9 Å². The van der Waals surface area contributed by atoms with Gasteiger partial charge in [0.1, 0.15) is 0 Å². The molecule has 15 heavy (non-hydrogen) atoms. The molecule has 0 saturated heterocycles. The summed E-state index contributed by atoms with van der Waals surface area (Å²) in [5.41, 5.74) is 4.75. The second kappa shape index (κ2) is 5.20. The number of aliphatic hydroxyl groups excluding tert-OH is 1. The van der Waals surface area contributed by atoms with E-state index in [1.165, 1.54) is 0 Å². The zero-order valence-electron chi connectivity index (χ0n) is 7.90. The first-order valence-corrected chi connectivity index (χ1v) is 4.32. The zero-order valence-corrected chi connectivity index (χ0v) is 7.90. The molecule has 6 nitrogen and oxygen atoms in total. The smallest absolute Gasteiger partial charge is 0.271 e. The minimum absolute atomic E-state index is 0.00747. The molecule has 0 atom stereocenters. The number of rotatable bonds is 5. The molecule has 0 fully saturated rings. The first kappa shape index (κ1) is 11.3. The van der Waals surface area contributed by atoms with Crippen LogP contribution in [0.4, 0.5) is 10.2 Å². The van der Waals surface area contributed by atoms with Crippen molar-refractivity contribution < 1.29 is 14.3 Å². The van der Waals surface area contributed by atoms with Gasteiger partial charge in [0.05, 0.1) is 6.20 Å². The van der Waals surface area contributed by atoms with Crippen LogP contribution in [0.5, 0.6) is 0 Å². The fourth-order valence-corrected chi connectivity index (χ4v) is 0.955. The van der Waals surface area contributed by atoms with Gasteiger partial charge in [0.25, 0.3) is 5.91 Å². The van der Waals surface area contributed by atoms with E-state index in [9.17, 15) is 9.18 Å². The van der Waals surface area contributed by atoms with Crippen molar-refractivity contribution in [1.82, 2.24) is 9.97 Å². The number of carbonyl (C=O) groups excluding carboxylic acids is 1. The Balaban J connectivity index is 2.81. The number of carbonyl (C=O) groups is 1. The molecule has 0 aliphatic heterocycles. The summed E-state index contributed by atoms with van der Waals surface area (Å²) in [5.74, 6) is -1.60. The molecule has 1 aromatic heterocycles. The average molecular weight is 214 g/mol. The molecule has 0 radical (unpaired) electrons. The molecule has 1 rings (SSSR count). The first-order valence-electron chi connectivity index (χ1n) is 4.32. The van der Waals surface area contributed by atoms with Gasteiger partial charge in [-0.1, -0.05) is 0 Å². The van der Waals surface area contributed by atoms with Gasteiger partial charge in [-0.25, -0.2) is 9.97 Å². The van der Waals surface area contributed by atoms with Gasteiger partial charge in [0.2, 0.25) is 5.95 Å². The lowest BCUT2D eigenvalue weighted by molar-refractivity contribution is 0.0995. The Labute approximate surface area is 85.3 Å². The highest BCUT2D eigenvalue weighted by atomic mass is 19.1. The van der Waals surface area contributed by atoms with Crippen LogP contribution in [-0.2, 0) is 0 Å². The third kappa shape index (κ3) is 3.13. The van der Waals surface area contributed by atoms with Crippen molar-refractivity contribution >= 4 is 11.7 Å². The number of amides is 1. The molecule has 1 heterocycles. The number of nitrogens with zero attached hydrogens (tertiary/aromatic N) is 2. The topological polar surface area (TPSA) is 101 Å². The van der Waals surface area contributed by atoms with Gasteiger partial charge in [0, 0.05) is 13.2 Å². The summed E-state index contributed by atoms with van der Waals surface area (Å²) in [5, 5.41) is 11.3. The number of halogens is 1. The lowest BCUT2D eigenvalue weighted by Gasteiger charge is -2.06. The van der Waals surface area contributed by atoms with Crippen LogP contribution in [-0.4, -0.2) is 34.1 Å². The van der Waals surface area contributed by atoms with Crippen molar-refractivity contribution in [3.05, 3.63) is 17.8 Å². The maximum absolute atomic E-state index is 12.6. The summed E-state index contributed by atoms with van der Waals surface area (Å²) in [7, 11) is 0. The van der Waals surface area contributed by atoms with Crippen LogP contribution in [0.15, 0.2) is 6.20 Å². The van der Waals surface area contributed by atoms with E-state index >= 15 is 0 Å². The van der Waals surface area contributed by atoms with Crippen LogP contribution in [0.3, 0.4) is 0 Å². The van der Waals surface area contributed by atoms with Crippen LogP contribution in [0, 0.1) is 5.95 Å². The Kier molecular flexibility index (Phi) is 3.92. The maximum atomic E-state index is 12.6. The van der Waals surface area contributed by atoms with Gasteiger partial charge < -0.3 is 16.2 Å². The van der Waals surface area contributed by atoms with E-state index in [0.717, 1.165) is 6.20 Å². The summed E-state index contributed by atoms with van der Waals surface area (Å²) < 4.78 is 12.6. The highest BCUT2D eigenvalue weighted by molar-refractivity contribution is 5.95. The van der Waals surface area contributed by atoms with E-state index in [1.807, 2.05) is 0 Å². The molecule has 0 saturated carbocycles. The van der Waals surface area contributed by atoms with Gasteiger partial charge in [0.15, 0.2) is 11.5 Å². The predicted octanol–water partition coefficient (Wildman–Crippen LogP) is -0.491. The minimum Gasteiger partial charge on any atom is -0.396 e. The predicted molar refractivity (Wildman–Crippen MR) is 50.7 cm³/mol. The molecule has 0 aliphatic carbocycles. The summed E-state index contributed by atoms with van der Waals surface area (Å²) in [6, 6.07) is 0. The van der Waals surface area contributed by atoms with Crippen molar-refractivity contribution in [2.45, 2.75) is 6.42 Å². The van der Waals surface area contributed by atoms with Crippen LogP contribution < -0.4 is 11.1 Å². The van der Waals surface area contributed by atoms with E-state index in [2.05, 4.69) is 15.3 Å². The highest BCUT2D eigenvalue weighted by Crippen LogP contribution is 2.08. The minimum atomic E-state index is -0.864. The quantitative estimate of drug-likeness (QED) is 0.574. The van der Waals surface area contributed by atoms with E-state index in [0.29, 0.717) is 13.0 Å². The van der Waals surface area contributed by atoms with Crippen molar-refractivity contribution in [3.8, 4) is 0 Å². The number of anilines is 1. The summed E-state index contributed by atoms with van der Waals surface area (Å²) in [6.07, 6.45) is 1.37. The molecule has 0 aliphatic rings. The second-order valence-corrected chi connectivity index (χ2v) is 2.76. The van der Waals surface area contributed by atoms with Crippen molar-refractivity contribution in [1.29, 1.82) is 0 Å². The van der Waals surface area contributed by atoms with Crippen LogP contribution in [0.2, 0.25) is 0 Å². The second-order valence-electron chi connectivity index (χ2n) is 2.76. The van der Waals surface area contributed by atoms with Gasteiger partial charge >= 0.3 is 0 Å². The summed E-state index contributed by atoms with van der Waals surface area (Å²) in [6.45, 7) is 0.407. The summed E-state index contributed by atoms with van der Waals surface area (Å²) in [4.78, 5) is 17.8. The first-order chi connectivity index (χ1) is 7.15. The van der Waals surface area contributed by atoms with Gasteiger partial charge in [-0.05, 0) is 6.42 Å². The number of hydrogen-bond donors (Lipinski definition) is 3. The number of nitrogens with two attached hydrogens (primary N) is 1. The van der Waals surface area contributed by atoms with E-state index in [4.69, 9.17) is 10.8 Å². The monoisotopic (exact) mass is 214 g/mol. The SMILES string of the molecule is NC(=O)c1nc(F)cnc1NCCCO. The largest absolute Gasteiger partial charge is 0.396 e. The lowest BCUT2D eigenvalue weighted by atomic mass is 10.3. The molecule has 82 valence electrons. The van der Waals surface area contributed by atoms with Crippen LogP contribution in [0.25, 0.3) is 0 Å². The summed E-state index contributed by atoms with van der Waals surface area (Å²) >= 11 is 0. The molecule has 4 N–H and O–H groups in total. The molecule has 1 aromatic rings.